The Hall–Kier alpha value is -2.28. The van der Waals surface area contributed by atoms with Crippen molar-refractivity contribution in [2.75, 3.05) is 26.1 Å². The van der Waals surface area contributed by atoms with Crippen LogP contribution in [0.5, 0.6) is 5.75 Å². The van der Waals surface area contributed by atoms with E-state index in [2.05, 4.69) is 11.1 Å². The number of aromatic nitrogens is 1. The summed E-state index contributed by atoms with van der Waals surface area (Å²) in [4.78, 5) is 6.38. The van der Waals surface area contributed by atoms with E-state index in [0.717, 1.165) is 27.9 Å². The summed E-state index contributed by atoms with van der Waals surface area (Å²) < 4.78 is 5.19. The zero-order valence-corrected chi connectivity index (χ0v) is 11.0. The second kappa shape index (κ2) is 4.53. The number of rotatable bonds is 2. The van der Waals surface area contributed by atoms with Crippen molar-refractivity contribution in [3.63, 3.8) is 0 Å². The van der Waals surface area contributed by atoms with E-state index in [9.17, 15) is 0 Å². The van der Waals surface area contributed by atoms with Gasteiger partial charge in [0.25, 0.3) is 0 Å². The molecule has 1 heterocycles. The van der Waals surface area contributed by atoms with Crippen LogP contribution in [0.15, 0.2) is 18.2 Å². The molecule has 4 nitrogen and oxygen atoms in total. The molecule has 0 saturated heterocycles. The molecule has 0 spiro atoms. The molecule has 0 atom stereocenters. The summed E-state index contributed by atoms with van der Waals surface area (Å²) >= 11 is 0. The molecule has 2 aromatic rings. The van der Waals surface area contributed by atoms with Gasteiger partial charge >= 0.3 is 0 Å². The van der Waals surface area contributed by atoms with Crippen LogP contribution in [-0.2, 0) is 0 Å². The number of nitrogens with zero attached hydrogens (tertiary/aromatic N) is 3. The Labute approximate surface area is 106 Å². The molecule has 0 aliphatic carbocycles. The second-order valence-corrected chi connectivity index (χ2v) is 4.32. The van der Waals surface area contributed by atoms with Crippen molar-refractivity contribution in [1.29, 1.82) is 5.26 Å². The fourth-order valence-electron chi connectivity index (χ4n) is 2.13. The normalized spacial score (nSPS) is 10.2. The lowest BCUT2D eigenvalue weighted by Crippen LogP contribution is -2.12. The summed E-state index contributed by atoms with van der Waals surface area (Å²) in [6, 6.07) is 7.87. The number of methoxy groups -OCH3 is 1. The molecule has 0 saturated carbocycles. The van der Waals surface area contributed by atoms with Crippen molar-refractivity contribution in [3.8, 4) is 11.8 Å². The first kappa shape index (κ1) is 12.2. The first-order valence-corrected chi connectivity index (χ1v) is 5.64. The molecular weight excluding hydrogens is 226 g/mol. The van der Waals surface area contributed by atoms with Gasteiger partial charge in [-0.3, -0.25) is 0 Å². The first-order valence-electron chi connectivity index (χ1n) is 5.64. The van der Waals surface area contributed by atoms with Gasteiger partial charge < -0.3 is 9.64 Å². The monoisotopic (exact) mass is 241 g/mol. The van der Waals surface area contributed by atoms with Crippen LogP contribution in [0.1, 0.15) is 11.3 Å². The molecule has 0 N–H and O–H groups in total. The minimum Gasteiger partial charge on any atom is -0.497 e. The predicted octanol–water partition coefficient (Wildman–Crippen LogP) is 2.49. The third-order valence-corrected chi connectivity index (χ3v) is 2.96. The number of anilines is 1. The standard InChI is InChI=1S/C14H15N3O/c1-9-13(8-15)16-12-7-10(18-4)5-6-11(12)14(9)17(2)3/h5-7H,1-4H3. The van der Waals surface area contributed by atoms with Gasteiger partial charge in [-0.05, 0) is 19.1 Å². The predicted molar refractivity (Wildman–Crippen MR) is 72.1 cm³/mol. The Morgan fingerprint density at radius 2 is 2.06 bits per heavy atom. The van der Waals surface area contributed by atoms with E-state index < -0.39 is 0 Å². The molecule has 2 rings (SSSR count). The average molecular weight is 241 g/mol. The van der Waals surface area contributed by atoms with Crippen LogP contribution >= 0.6 is 0 Å². The maximum Gasteiger partial charge on any atom is 0.146 e. The Bertz CT molecular complexity index is 642. The largest absolute Gasteiger partial charge is 0.497 e. The number of pyridine rings is 1. The third kappa shape index (κ3) is 1.84. The fourth-order valence-corrected chi connectivity index (χ4v) is 2.13. The van der Waals surface area contributed by atoms with Gasteiger partial charge in [0.15, 0.2) is 0 Å². The number of benzene rings is 1. The van der Waals surface area contributed by atoms with E-state index in [1.165, 1.54) is 0 Å². The van der Waals surface area contributed by atoms with Crippen LogP contribution in [0.2, 0.25) is 0 Å². The highest BCUT2D eigenvalue weighted by molar-refractivity contribution is 5.94. The molecule has 4 heteroatoms. The molecule has 18 heavy (non-hydrogen) atoms. The number of hydrogen-bond donors (Lipinski definition) is 0. The second-order valence-electron chi connectivity index (χ2n) is 4.32. The molecule has 1 aromatic carbocycles. The molecule has 0 amide bonds. The molecule has 0 aliphatic heterocycles. The highest BCUT2D eigenvalue weighted by Crippen LogP contribution is 2.31. The lowest BCUT2D eigenvalue weighted by Gasteiger charge is -2.19. The topological polar surface area (TPSA) is 49.1 Å². The molecule has 0 fully saturated rings. The van der Waals surface area contributed by atoms with Crippen LogP contribution < -0.4 is 9.64 Å². The summed E-state index contributed by atoms with van der Waals surface area (Å²) in [5, 5.41) is 10.2. The van der Waals surface area contributed by atoms with Crippen LogP contribution in [0.3, 0.4) is 0 Å². The van der Waals surface area contributed by atoms with Crippen LogP contribution in [0.25, 0.3) is 10.9 Å². The zero-order chi connectivity index (χ0) is 13.3. The maximum absolute atomic E-state index is 9.15. The minimum atomic E-state index is 0.458. The molecule has 0 bridgehead atoms. The van der Waals surface area contributed by atoms with Gasteiger partial charge in [-0.1, -0.05) is 0 Å². The van der Waals surface area contributed by atoms with E-state index in [0.29, 0.717) is 5.69 Å². The molecule has 0 unspecified atom stereocenters. The van der Waals surface area contributed by atoms with Gasteiger partial charge in [0, 0.05) is 31.1 Å². The molecule has 0 radical (unpaired) electrons. The summed E-state index contributed by atoms with van der Waals surface area (Å²) in [6.45, 7) is 1.92. The maximum atomic E-state index is 9.15. The lowest BCUT2D eigenvalue weighted by molar-refractivity contribution is 0.415. The Morgan fingerprint density at radius 1 is 1.33 bits per heavy atom. The Balaban J connectivity index is 2.86. The van der Waals surface area contributed by atoms with E-state index in [1.807, 2.05) is 44.1 Å². The van der Waals surface area contributed by atoms with Crippen molar-refractivity contribution in [3.05, 3.63) is 29.5 Å². The summed E-state index contributed by atoms with van der Waals surface area (Å²) in [7, 11) is 5.55. The van der Waals surface area contributed by atoms with Gasteiger partial charge in [0.05, 0.1) is 18.3 Å². The molecular formula is C14H15N3O. The number of ether oxygens (including phenoxy) is 1. The van der Waals surface area contributed by atoms with Crippen LogP contribution in [-0.4, -0.2) is 26.2 Å². The SMILES string of the molecule is COc1ccc2c(N(C)C)c(C)c(C#N)nc2c1. The summed E-state index contributed by atoms with van der Waals surface area (Å²) in [6.07, 6.45) is 0. The van der Waals surface area contributed by atoms with Crippen molar-refractivity contribution in [2.24, 2.45) is 0 Å². The molecule has 92 valence electrons. The smallest absolute Gasteiger partial charge is 0.146 e. The van der Waals surface area contributed by atoms with E-state index in [4.69, 9.17) is 10.00 Å². The van der Waals surface area contributed by atoms with E-state index >= 15 is 0 Å². The average Bonchev–Trinajstić information content (AvgIpc) is 2.36. The molecule has 1 aromatic heterocycles. The molecule has 0 aliphatic rings. The van der Waals surface area contributed by atoms with E-state index in [1.54, 1.807) is 7.11 Å². The summed E-state index contributed by atoms with van der Waals surface area (Å²) in [5.74, 6) is 0.743. The fraction of sp³-hybridized carbons (Fsp3) is 0.286. The highest BCUT2D eigenvalue weighted by Gasteiger charge is 2.13. The first-order chi connectivity index (χ1) is 8.58. The number of hydrogen-bond acceptors (Lipinski definition) is 4. The van der Waals surface area contributed by atoms with Crippen molar-refractivity contribution in [2.45, 2.75) is 6.92 Å². The quantitative estimate of drug-likeness (QED) is 0.810. The van der Waals surface area contributed by atoms with E-state index in [-0.39, 0.29) is 0 Å². The van der Waals surface area contributed by atoms with Crippen LogP contribution in [0, 0.1) is 18.3 Å². The van der Waals surface area contributed by atoms with Gasteiger partial charge in [0.2, 0.25) is 0 Å². The van der Waals surface area contributed by atoms with Gasteiger partial charge in [-0.25, -0.2) is 4.98 Å². The van der Waals surface area contributed by atoms with Crippen molar-refractivity contribution < 1.29 is 4.74 Å². The number of nitriles is 1. The lowest BCUT2D eigenvalue weighted by atomic mass is 10.1. The Kier molecular flexibility index (Phi) is 3.07. The Morgan fingerprint density at radius 3 is 2.61 bits per heavy atom. The number of fused-ring (bicyclic) bond motifs is 1. The highest BCUT2D eigenvalue weighted by atomic mass is 16.5. The van der Waals surface area contributed by atoms with Crippen molar-refractivity contribution in [1.82, 2.24) is 4.98 Å². The van der Waals surface area contributed by atoms with Gasteiger partial charge in [-0.2, -0.15) is 5.26 Å². The third-order valence-electron chi connectivity index (χ3n) is 2.96. The van der Waals surface area contributed by atoms with Gasteiger partial charge in [-0.15, -0.1) is 0 Å². The zero-order valence-electron chi connectivity index (χ0n) is 11.0. The van der Waals surface area contributed by atoms with Crippen molar-refractivity contribution >= 4 is 16.6 Å². The summed E-state index contributed by atoms with van der Waals surface area (Å²) in [5.41, 5.74) is 3.17. The van der Waals surface area contributed by atoms with Crippen LogP contribution in [0.4, 0.5) is 5.69 Å². The minimum absolute atomic E-state index is 0.458. The van der Waals surface area contributed by atoms with Gasteiger partial charge in [0.1, 0.15) is 17.5 Å².